The highest BCUT2D eigenvalue weighted by Crippen LogP contribution is 2.22. The van der Waals surface area contributed by atoms with E-state index in [0.29, 0.717) is 0 Å². The van der Waals surface area contributed by atoms with Gasteiger partial charge < -0.3 is 20.8 Å². The Bertz CT molecular complexity index is 491. The molecule has 1 aliphatic rings. The number of amides is 1. The van der Waals surface area contributed by atoms with Gasteiger partial charge in [-0.25, -0.2) is 4.79 Å². The van der Waals surface area contributed by atoms with Gasteiger partial charge in [0.2, 0.25) is 5.91 Å². The van der Waals surface area contributed by atoms with Crippen molar-refractivity contribution in [3.05, 3.63) is 35.9 Å². The first-order valence-corrected chi connectivity index (χ1v) is 6.50. The summed E-state index contributed by atoms with van der Waals surface area (Å²) in [5.41, 5.74) is 6.79. The number of hydrogen-bond acceptors (Lipinski definition) is 4. The predicted octanol–water partition coefficient (Wildman–Crippen LogP) is 0.123. The Morgan fingerprint density at radius 3 is 2.60 bits per heavy atom. The topological polar surface area (TPSA) is 104 Å². The second kappa shape index (κ2) is 6.02. The number of carboxylic acid groups (broad SMARTS) is 1. The molecule has 20 heavy (non-hydrogen) atoms. The number of hydrogen-bond donors (Lipinski definition) is 3. The van der Waals surface area contributed by atoms with E-state index in [1.54, 1.807) is 0 Å². The van der Waals surface area contributed by atoms with E-state index in [0.717, 1.165) is 5.56 Å². The molecule has 1 saturated heterocycles. The van der Waals surface area contributed by atoms with Crippen LogP contribution in [0.2, 0.25) is 0 Å². The number of nitrogens with two attached hydrogens (primary N) is 1. The van der Waals surface area contributed by atoms with Gasteiger partial charge in [0.25, 0.3) is 0 Å². The molecule has 1 aliphatic heterocycles. The summed E-state index contributed by atoms with van der Waals surface area (Å²) in [6, 6.07) is 7.74. The third-order valence-electron chi connectivity index (χ3n) is 3.51. The molecule has 1 fully saturated rings. The van der Waals surface area contributed by atoms with Gasteiger partial charge in [-0.1, -0.05) is 30.3 Å². The van der Waals surface area contributed by atoms with Crippen molar-refractivity contribution < 1.29 is 19.8 Å². The molecule has 1 unspecified atom stereocenters. The van der Waals surface area contributed by atoms with Gasteiger partial charge in [-0.2, -0.15) is 0 Å². The average molecular weight is 278 g/mol. The second-order valence-corrected chi connectivity index (χ2v) is 5.01. The molecule has 4 N–H and O–H groups in total. The van der Waals surface area contributed by atoms with Crippen LogP contribution < -0.4 is 5.73 Å². The van der Waals surface area contributed by atoms with Gasteiger partial charge in [0.1, 0.15) is 6.04 Å². The summed E-state index contributed by atoms with van der Waals surface area (Å²) >= 11 is 0. The van der Waals surface area contributed by atoms with Gasteiger partial charge in [0.05, 0.1) is 6.10 Å². The van der Waals surface area contributed by atoms with Crippen molar-refractivity contribution in [2.75, 3.05) is 6.54 Å². The van der Waals surface area contributed by atoms with Crippen LogP contribution in [-0.2, 0) is 9.59 Å². The molecule has 6 nitrogen and oxygen atoms in total. The van der Waals surface area contributed by atoms with Gasteiger partial charge in [-0.05, 0) is 5.56 Å². The smallest absolute Gasteiger partial charge is 0.326 e. The third kappa shape index (κ3) is 3.15. The lowest BCUT2D eigenvalue weighted by molar-refractivity contribution is -0.148. The molecule has 1 aromatic carbocycles. The van der Waals surface area contributed by atoms with E-state index in [9.17, 15) is 14.7 Å². The SMILES string of the molecule is NC(CC(=O)N1C[C@@H](O)C[C@H]1C(=O)O)c1ccccc1. The van der Waals surface area contributed by atoms with Crippen LogP contribution in [-0.4, -0.2) is 45.7 Å². The van der Waals surface area contributed by atoms with E-state index in [2.05, 4.69) is 0 Å². The molecule has 0 spiro atoms. The van der Waals surface area contributed by atoms with Crippen LogP contribution in [0.15, 0.2) is 30.3 Å². The molecular weight excluding hydrogens is 260 g/mol. The summed E-state index contributed by atoms with van der Waals surface area (Å²) in [6.07, 6.45) is -0.685. The molecule has 108 valence electrons. The normalized spacial score (nSPS) is 23.6. The predicted molar refractivity (Wildman–Crippen MR) is 71.7 cm³/mol. The van der Waals surface area contributed by atoms with Crippen LogP contribution >= 0.6 is 0 Å². The van der Waals surface area contributed by atoms with E-state index in [-0.39, 0.29) is 25.3 Å². The fraction of sp³-hybridized carbons (Fsp3) is 0.429. The molecule has 2 rings (SSSR count). The quantitative estimate of drug-likeness (QED) is 0.726. The molecule has 3 atom stereocenters. The molecule has 1 aromatic rings. The number of carboxylic acids is 1. The van der Waals surface area contributed by atoms with Crippen LogP contribution in [0, 0.1) is 0 Å². The maximum absolute atomic E-state index is 12.2. The Labute approximate surface area is 116 Å². The van der Waals surface area contributed by atoms with Crippen molar-refractivity contribution in [3.63, 3.8) is 0 Å². The lowest BCUT2D eigenvalue weighted by atomic mass is 10.0. The van der Waals surface area contributed by atoms with Crippen molar-refractivity contribution in [2.45, 2.75) is 31.0 Å². The molecule has 1 amide bonds. The standard InChI is InChI=1S/C14H18N2O4/c15-11(9-4-2-1-3-5-9)7-13(18)16-8-10(17)6-12(16)14(19)20/h1-5,10-12,17H,6-8,15H2,(H,19,20)/t10-,11?,12-/m0/s1. The maximum atomic E-state index is 12.2. The fourth-order valence-corrected chi connectivity index (χ4v) is 2.45. The number of benzene rings is 1. The Hall–Kier alpha value is -1.92. The van der Waals surface area contributed by atoms with Crippen molar-refractivity contribution >= 4 is 11.9 Å². The van der Waals surface area contributed by atoms with E-state index < -0.39 is 24.2 Å². The molecule has 1 heterocycles. The van der Waals surface area contributed by atoms with Gasteiger partial charge in [0, 0.05) is 25.4 Å². The number of aliphatic hydroxyl groups is 1. The van der Waals surface area contributed by atoms with Crippen molar-refractivity contribution in [1.82, 2.24) is 4.90 Å². The molecule has 0 radical (unpaired) electrons. The number of rotatable bonds is 4. The Balaban J connectivity index is 2.02. The summed E-state index contributed by atoms with van der Waals surface area (Å²) in [4.78, 5) is 24.4. The first-order valence-electron chi connectivity index (χ1n) is 6.50. The first kappa shape index (κ1) is 14.5. The zero-order valence-electron chi connectivity index (χ0n) is 11.0. The molecule has 0 saturated carbocycles. The minimum atomic E-state index is -1.09. The number of carbonyl (C=O) groups is 2. The van der Waals surface area contributed by atoms with E-state index in [4.69, 9.17) is 10.8 Å². The van der Waals surface area contributed by atoms with Crippen LogP contribution in [0.1, 0.15) is 24.4 Å². The monoisotopic (exact) mass is 278 g/mol. The van der Waals surface area contributed by atoms with Crippen LogP contribution in [0.3, 0.4) is 0 Å². The summed E-state index contributed by atoms with van der Waals surface area (Å²) in [7, 11) is 0. The summed E-state index contributed by atoms with van der Waals surface area (Å²) in [5, 5.41) is 18.6. The highest BCUT2D eigenvalue weighted by molar-refractivity contribution is 5.84. The van der Waals surface area contributed by atoms with Gasteiger partial charge in [0.15, 0.2) is 0 Å². The van der Waals surface area contributed by atoms with E-state index in [1.165, 1.54) is 4.90 Å². The summed E-state index contributed by atoms with van der Waals surface area (Å²) in [6.45, 7) is 0.0529. The maximum Gasteiger partial charge on any atom is 0.326 e. The molecule has 6 heteroatoms. The van der Waals surface area contributed by atoms with Crippen molar-refractivity contribution in [2.24, 2.45) is 5.73 Å². The first-order chi connectivity index (χ1) is 9.49. The number of β-amino-alcohol motifs (C(OH)–C–C–N with tert-alkyl or cyclic N) is 1. The van der Waals surface area contributed by atoms with Gasteiger partial charge in [-0.3, -0.25) is 4.79 Å². The van der Waals surface area contributed by atoms with Crippen molar-refractivity contribution in [1.29, 1.82) is 0 Å². The fourth-order valence-electron chi connectivity index (χ4n) is 2.45. The molecule has 0 aliphatic carbocycles. The third-order valence-corrected chi connectivity index (χ3v) is 3.51. The second-order valence-electron chi connectivity index (χ2n) is 5.01. The van der Waals surface area contributed by atoms with Crippen LogP contribution in [0.5, 0.6) is 0 Å². The summed E-state index contributed by atoms with van der Waals surface area (Å²) < 4.78 is 0. The minimum absolute atomic E-state index is 0.0283. The Kier molecular flexibility index (Phi) is 4.36. The number of nitrogens with zero attached hydrogens (tertiary/aromatic N) is 1. The highest BCUT2D eigenvalue weighted by atomic mass is 16.4. The van der Waals surface area contributed by atoms with Gasteiger partial charge >= 0.3 is 5.97 Å². The number of likely N-dealkylation sites (tertiary alicyclic amines) is 1. The number of carbonyl (C=O) groups excluding carboxylic acids is 1. The highest BCUT2D eigenvalue weighted by Gasteiger charge is 2.39. The number of aliphatic carboxylic acids is 1. The summed E-state index contributed by atoms with van der Waals surface area (Å²) in [5.74, 6) is -1.44. The Morgan fingerprint density at radius 1 is 1.35 bits per heavy atom. The van der Waals surface area contributed by atoms with E-state index >= 15 is 0 Å². The largest absolute Gasteiger partial charge is 0.480 e. The van der Waals surface area contributed by atoms with Crippen LogP contribution in [0.4, 0.5) is 0 Å². The lowest BCUT2D eigenvalue weighted by Gasteiger charge is -2.23. The van der Waals surface area contributed by atoms with Crippen LogP contribution in [0.25, 0.3) is 0 Å². The van der Waals surface area contributed by atoms with Crippen molar-refractivity contribution in [3.8, 4) is 0 Å². The van der Waals surface area contributed by atoms with E-state index in [1.807, 2.05) is 30.3 Å². The number of aliphatic hydroxyl groups excluding tert-OH is 1. The minimum Gasteiger partial charge on any atom is -0.480 e. The molecule has 0 aromatic heterocycles. The van der Waals surface area contributed by atoms with Gasteiger partial charge in [-0.15, -0.1) is 0 Å². The molecule has 0 bridgehead atoms. The average Bonchev–Trinajstić information content (AvgIpc) is 2.82. The zero-order chi connectivity index (χ0) is 14.7. The lowest BCUT2D eigenvalue weighted by Crippen LogP contribution is -2.41. The Morgan fingerprint density at radius 2 is 2.00 bits per heavy atom. The zero-order valence-corrected chi connectivity index (χ0v) is 11.0. The molecular formula is C14H18N2O4.